The number of aliphatic imine (C=N–C) groups is 1. The van der Waals surface area contributed by atoms with Gasteiger partial charge in [0.1, 0.15) is 11.9 Å². The quantitative estimate of drug-likeness (QED) is 0.513. The average Bonchev–Trinajstić information content (AvgIpc) is 2.85. The molecule has 32 heavy (non-hydrogen) atoms. The largest absolute Gasteiger partial charge is 0.504 e. The zero-order chi connectivity index (χ0) is 22.5. The molecule has 2 atom stereocenters. The molecule has 0 fully saturated rings. The van der Waals surface area contributed by atoms with Gasteiger partial charge in [-0.05, 0) is 36.6 Å². The van der Waals surface area contributed by atoms with Gasteiger partial charge in [-0.3, -0.25) is 10.3 Å². The molecule has 2 unspecified atom stereocenters. The van der Waals surface area contributed by atoms with Crippen molar-refractivity contribution in [3.63, 3.8) is 0 Å². The van der Waals surface area contributed by atoms with Gasteiger partial charge in [0.25, 0.3) is 0 Å². The van der Waals surface area contributed by atoms with Gasteiger partial charge in [-0.25, -0.2) is 0 Å². The number of benzene rings is 3. The molecule has 1 aliphatic rings. The number of hydrogen-bond acceptors (Lipinski definition) is 5. The molecule has 5 nitrogen and oxygen atoms in total. The monoisotopic (exact) mass is 430 g/mol. The van der Waals surface area contributed by atoms with E-state index in [1.807, 2.05) is 43.3 Å². The minimum absolute atomic E-state index is 0.135. The minimum atomic E-state index is -0.305. The number of aromatic hydroxyl groups is 1. The van der Waals surface area contributed by atoms with E-state index in [-0.39, 0.29) is 18.0 Å². The van der Waals surface area contributed by atoms with Gasteiger partial charge in [0.15, 0.2) is 11.5 Å². The summed E-state index contributed by atoms with van der Waals surface area (Å²) in [6.45, 7) is 4.56. The maximum Gasteiger partial charge on any atom is 0.162 e. The summed E-state index contributed by atoms with van der Waals surface area (Å²) in [5, 5.41) is 14.5. The van der Waals surface area contributed by atoms with Crippen molar-refractivity contribution in [2.75, 3.05) is 13.7 Å². The van der Waals surface area contributed by atoms with Crippen LogP contribution in [-0.2, 0) is 6.42 Å². The Hall–Kier alpha value is -3.31. The number of phenols is 1. The molecule has 166 valence electrons. The molecule has 0 amide bonds. The van der Waals surface area contributed by atoms with Gasteiger partial charge in [0.05, 0.1) is 13.7 Å². The van der Waals surface area contributed by atoms with Crippen LogP contribution in [-0.4, -0.2) is 24.5 Å². The van der Waals surface area contributed by atoms with Crippen LogP contribution in [0.3, 0.4) is 0 Å². The highest BCUT2D eigenvalue weighted by molar-refractivity contribution is 6.01. The molecule has 5 heteroatoms. The average molecular weight is 431 g/mol. The third kappa shape index (κ3) is 4.48. The fourth-order valence-corrected chi connectivity index (χ4v) is 4.16. The van der Waals surface area contributed by atoms with E-state index in [2.05, 4.69) is 36.5 Å². The lowest BCUT2D eigenvalue weighted by atomic mass is 9.92. The summed E-state index contributed by atoms with van der Waals surface area (Å²) >= 11 is 0. The standard InChI is InChI=1S/C27H30N2O3/c1-4-18-13-15-19(16-14-18)22-17-23(20-10-8-12-25(26(20)30)32-5-2)29-27(28-22)21-9-6-7-11-24(21)31-3/h6-16,23,27,29-30H,4-5,17H2,1-3H3. The summed E-state index contributed by atoms with van der Waals surface area (Å²) < 4.78 is 11.2. The minimum Gasteiger partial charge on any atom is -0.504 e. The fourth-order valence-electron chi connectivity index (χ4n) is 4.16. The van der Waals surface area contributed by atoms with Gasteiger partial charge in [0.2, 0.25) is 0 Å². The second-order valence-corrected chi connectivity index (χ2v) is 7.82. The van der Waals surface area contributed by atoms with Crippen LogP contribution in [0.5, 0.6) is 17.2 Å². The van der Waals surface area contributed by atoms with Crippen LogP contribution >= 0.6 is 0 Å². The van der Waals surface area contributed by atoms with Gasteiger partial charge < -0.3 is 14.6 Å². The van der Waals surface area contributed by atoms with E-state index in [1.165, 1.54) is 5.56 Å². The predicted molar refractivity (Wildman–Crippen MR) is 128 cm³/mol. The van der Waals surface area contributed by atoms with Gasteiger partial charge in [0, 0.05) is 29.3 Å². The first-order valence-corrected chi connectivity index (χ1v) is 11.1. The highest BCUT2D eigenvalue weighted by atomic mass is 16.5. The van der Waals surface area contributed by atoms with Crippen LogP contribution in [0.4, 0.5) is 0 Å². The number of hydrogen-bond donors (Lipinski definition) is 2. The van der Waals surface area contributed by atoms with Crippen molar-refractivity contribution in [1.82, 2.24) is 5.32 Å². The van der Waals surface area contributed by atoms with Crippen LogP contribution in [0, 0.1) is 0 Å². The van der Waals surface area contributed by atoms with Crippen molar-refractivity contribution >= 4 is 5.71 Å². The molecular formula is C27H30N2O3. The summed E-state index contributed by atoms with van der Waals surface area (Å²) in [4.78, 5) is 5.06. The first-order chi connectivity index (χ1) is 15.6. The van der Waals surface area contributed by atoms with Crippen LogP contribution in [0.15, 0.2) is 71.7 Å². The van der Waals surface area contributed by atoms with E-state index in [0.717, 1.165) is 34.6 Å². The lowest BCUT2D eigenvalue weighted by Crippen LogP contribution is -2.33. The van der Waals surface area contributed by atoms with Gasteiger partial charge >= 0.3 is 0 Å². The maximum atomic E-state index is 10.9. The Balaban J connectivity index is 1.77. The van der Waals surface area contributed by atoms with E-state index in [9.17, 15) is 5.11 Å². The van der Waals surface area contributed by atoms with Crippen LogP contribution < -0.4 is 14.8 Å². The predicted octanol–water partition coefficient (Wildman–Crippen LogP) is 5.58. The Labute approximate surface area is 189 Å². The zero-order valence-electron chi connectivity index (χ0n) is 18.8. The van der Waals surface area contributed by atoms with Gasteiger partial charge in [-0.1, -0.05) is 61.5 Å². The van der Waals surface area contributed by atoms with E-state index in [4.69, 9.17) is 14.5 Å². The molecule has 4 rings (SSSR count). The molecule has 0 saturated heterocycles. The van der Waals surface area contributed by atoms with E-state index in [1.54, 1.807) is 13.2 Å². The lowest BCUT2D eigenvalue weighted by molar-refractivity contribution is 0.313. The summed E-state index contributed by atoms with van der Waals surface area (Å²) in [6.07, 6.45) is 1.35. The summed E-state index contributed by atoms with van der Waals surface area (Å²) in [5.41, 5.74) is 5.14. The Bertz CT molecular complexity index is 1090. The number of aryl methyl sites for hydroxylation is 1. The van der Waals surface area contributed by atoms with Crippen LogP contribution in [0.2, 0.25) is 0 Å². The van der Waals surface area contributed by atoms with Crippen molar-refractivity contribution in [3.8, 4) is 17.2 Å². The summed E-state index contributed by atoms with van der Waals surface area (Å²) in [7, 11) is 1.67. The van der Waals surface area contributed by atoms with E-state index in [0.29, 0.717) is 18.8 Å². The first kappa shape index (κ1) is 21.9. The number of ether oxygens (including phenoxy) is 2. The first-order valence-electron chi connectivity index (χ1n) is 11.1. The van der Waals surface area contributed by atoms with Gasteiger partial charge in [-0.2, -0.15) is 0 Å². The number of methoxy groups -OCH3 is 1. The normalized spacial score (nSPS) is 18.2. The maximum absolute atomic E-state index is 10.9. The molecule has 0 spiro atoms. The molecule has 0 aromatic heterocycles. The molecule has 1 aliphatic heterocycles. The number of para-hydroxylation sites is 2. The Morgan fingerprint density at radius 2 is 1.66 bits per heavy atom. The number of phenolic OH excluding ortho intramolecular Hbond substituents is 1. The highest BCUT2D eigenvalue weighted by Gasteiger charge is 2.29. The zero-order valence-corrected chi connectivity index (χ0v) is 18.8. The van der Waals surface area contributed by atoms with E-state index >= 15 is 0 Å². The summed E-state index contributed by atoms with van der Waals surface area (Å²) in [5.74, 6) is 1.45. The van der Waals surface area contributed by atoms with Crippen LogP contribution in [0.1, 0.15) is 54.7 Å². The third-order valence-electron chi connectivity index (χ3n) is 5.88. The van der Waals surface area contributed by atoms with Crippen molar-refractivity contribution < 1.29 is 14.6 Å². The third-order valence-corrected chi connectivity index (χ3v) is 5.88. The molecule has 0 bridgehead atoms. The number of rotatable bonds is 7. The second kappa shape index (κ2) is 9.88. The molecular weight excluding hydrogens is 400 g/mol. The van der Waals surface area contributed by atoms with Gasteiger partial charge in [-0.15, -0.1) is 0 Å². The molecule has 0 radical (unpaired) electrons. The Kier molecular flexibility index (Phi) is 6.76. The molecule has 2 N–H and O–H groups in total. The van der Waals surface area contributed by atoms with Crippen molar-refractivity contribution in [2.45, 2.75) is 38.9 Å². The molecule has 3 aromatic carbocycles. The molecule has 0 saturated carbocycles. The fraction of sp³-hybridized carbons (Fsp3) is 0.296. The van der Waals surface area contributed by atoms with Crippen molar-refractivity contribution in [1.29, 1.82) is 0 Å². The smallest absolute Gasteiger partial charge is 0.162 e. The van der Waals surface area contributed by atoms with Crippen molar-refractivity contribution in [2.24, 2.45) is 4.99 Å². The lowest BCUT2D eigenvalue weighted by Gasteiger charge is -2.31. The highest BCUT2D eigenvalue weighted by Crippen LogP contribution is 2.40. The van der Waals surface area contributed by atoms with E-state index < -0.39 is 0 Å². The molecule has 3 aromatic rings. The van der Waals surface area contributed by atoms with Crippen molar-refractivity contribution in [3.05, 3.63) is 89.0 Å². The number of nitrogens with one attached hydrogen (secondary N) is 1. The summed E-state index contributed by atoms with van der Waals surface area (Å²) in [6, 6.07) is 22.0. The van der Waals surface area contributed by atoms with Crippen LogP contribution in [0.25, 0.3) is 0 Å². The molecule has 0 aliphatic carbocycles. The Morgan fingerprint density at radius 1 is 0.938 bits per heavy atom. The molecule has 1 heterocycles. The Morgan fingerprint density at radius 3 is 2.38 bits per heavy atom. The SMILES string of the molecule is CCOc1cccc(C2CC(c3ccc(CC)cc3)=NC(c3ccccc3OC)N2)c1O. The second-order valence-electron chi connectivity index (χ2n) is 7.82. The number of nitrogens with zero attached hydrogens (tertiary/aromatic N) is 1. The topological polar surface area (TPSA) is 63.1 Å².